The normalized spacial score (nSPS) is 11.3. The maximum absolute atomic E-state index is 10.6. The number of carboxylic acid groups (broad SMARTS) is 1. The zero-order valence-electron chi connectivity index (χ0n) is 6.57. The van der Waals surface area contributed by atoms with Crippen molar-refractivity contribution in [1.82, 2.24) is 0 Å². The summed E-state index contributed by atoms with van der Waals surface area (Å²) in [6.45, 7) is 0. The number of aliphatic hydroxyl groups is 1. The number of carbonyl (C=O) groups is 1. The Labute approximate surface area is 83.5 Å². The molecule has 0 radical (unpaired) electrons. The Morgan fingerprint density at radius 2 is 1.85 bits per heavy atom. The molecule has 1 rings (SSSR count). The topological polar surface area (TPSA) is 57.5 Å². The highest BCUT2D eigenvalue weighted by Gasteiger charge is 2.09. The predicted octanol–water partition coefficient (Wildman–Crippen LogP) is 2.43. The molecule has 4 heteroatoms. The van der Waals surface area contributed by atoms with Crippen LogP contribution < -0.4 is 0 Å². The van der Waals surface area contributed by atoms with E-state index in [-0.39, 0.29) is 5.57 Å². The minimum Gasteiger partial charge on any atom is -0.515 e. The first-order valence-corrected chi connectivity index (χ1v) is 4.28. The Morgan fingerprint density at radius 3 is 2.23 bits per heavy atom. The first-order valence-electron chi connectivity index (χ1n) is 3.48. The van der Waals surface area contributed by atoms with Crippen LogP contribution in [0.1, 0.15) is 5.56 Å². The second-order valence-corrected chi connectivity index (χ2v) is 3.27. The highest BCUT2D eigenvalue weighted by molar-refractivity contribution is 9.10. The van der Waals surface area contributed by atoms with Gasteiger partial charge < -0.3 is 10.2 Å². The molecule has 68 valence electrons. The lowest BCUT2D eigenvalue weighted by atomic mass is 10.1. The number of aliphatic hydroxyl groups excluding tert-OH is 1. The van der Waals surface area contributed by atoms with Crippen molar-refractivity contribution >= 4 is 27.5 Å². The van der Waals surface area contributed by atoms with E-state index in [9.17, 15) is 4.79 Å². The summed E-state index contributed by atoms with van der Waals surface area (Å²) in [5, 5.41) is 17.3. The van der Waals surface area contributed by atoms with E-state index < -0.39 is 5.97 Å². The third-order valence-electron chi connectivity index (χ3n) is 1.51. The molecule has 0 fully saturated rings. The molecule has 2 N–H and O–H groups in total. The Hall–Kier alpha value is -1.29. The van der Waals surface area contributed by atoms with Crippen LogP contribution in [-0.2, 0) is 4.79 Å². The van der Waals surface area contributed by atoms with Crippen LogP contribution in [-0.4, -0.2) is 16.2 Å². The lowest BCUT2D eigenvalue weighted by Gasteiger charge is -2.00. The molecule has 0 aliphatic heterocycles. The van der Waals surface area contributed by atoms with Gasteiger partial charge in [-0.2, -0.15) is 0 Å². The van der Waals surface area contributed by atoms with Gasteiger partial charge in [0.05, 0.1) is 6.26 Å². The molecule has 1 aromatic rings. The van der Waals surface area contributed by atoms with Crippen LogP contribution in [0.2, 0.25) is 0 Å². The minimum atomic E-state index is -1.15. The summed E-state index contributed by atoms with van der Waals surface area (Å²) >= 11 is 3.22. The summed E-state index contributed by atoms with van der Waals surface area (Å²) in [5.41, 5.74) is 0.353. The summed E-state index contributed by atoms with van der Waals surface area (Å²) in [6, 6.07) is 6.64. The van der Waals surface area contributed by atoms with Crippen molar-refractivity contribution in [2.75, 3.05) is 0 Å². The van der Waals surface area contributed by atoms with Gasteiger partial charge in [0.1, 0.15) is 5.57 Å². The Kier molecular flexibility index (Phi) is 3.08. The molecule has 0 heterocycles. The summed E-state index contributed by atoms with van der Waals surface area (Å²) in [6.07, 6.45) is 0.589. The van der Waals surface area contributed by atoms with Crippen molar-refractivity contribution in [2.45, 2.75) is 0 Å². The average Bonchev–Trinajstić information content (AvgIpc) is 2.09. The fourth-order valence-electron chi connectivity index (χ4n) is 0.883. The number of benzene rings is 1. The van der Waals surface area contributed by atoms with Gasteiger partial charge >= 0.3 is 5.97 Å². The zero-order valence-corrected chi connectivity index (χ0v) is 8.15. The SMILES string of the molecule is O=C(O)/C(=C\O)c1ccc(Br)cc1. The van der Waals surface area contributed by atoms with Crippen molar-refractivity contribution in [1.29, 1.82) is 0 Å². The molecular formula is C9H7BrO3. The Bertz CT molecular complexity index is 340. The highest BCUT2D eigenvalue weighted by Crippen LogP contribution is 2.17. The van der Waals surface area contributed by atoms with Crippen LogP contribution >= 0.6 is 15.9 Å². The van der Waals surface area contributed by atoms with Gasteiger partial charge in [-0.1, -0.05) is 28.1 Å². The second kappa shape index (κ2) is 4.09. The smallest absolute Gasteiger partial charge is 0.339 e. The van der Waals surface area contributed by atoms with Crippen molar-refractivity contribution in [3.05, 3.63) is 40.6 Å². The van der Waals surface area contributed by atoms with Crippen LogP contribution in [0.3, 0.4) is 0 Å². The third-order valence-corrected chi connectivity index (χ3v) is 2.04. The molecule has 13 heavy (non-hydrogen) atoms. The highest BCUT2D eigenvalue weighted by atomic mass is 79.9. The monoisotopic (exact) mass is 242 g/mol. The van der Waals surface area contributed by atoms with Crippen molar-refractivity contribution in [2.24, 2.45) is 0 Å². The molecule has 0 saturated heterocycles. The minimum absolute atomic E-state index is 0.118. The maximum atomic E-state index is 10.6. The standard InChI is InChI=1S/C9H7BrO3/c10-7-3-1-6(2-4-7)8(5-11)9(12)13/h1-5,11H,(H,12,13)/b8-5-. The van der Waals surface area contributed by atoms with E-state index in [1.165, 1.54) is 0 Å². The molecule has 1 aromatic carbocycles. The van der Waals surface area contributed by atoms with Gasteiger partial charge in [-0.3, -0.25) is 0 Å². The van der Waals surface area contributed by atoms with E-state index in [1.807, 2.05) is 0 Å². The van der Waals surface area contributed by atoms with Crippen LogP contribution in [0.4, 0.5) is 0 Å². The average molecular weight is 243 g/mol. The Morgan fingerprint density at radius 1 is 1.31 bits per heavy atom. The van der Waals surface area contributed by atoms with E-state index >= 15 is 0 Å². The van der Waals surface area contributed by atoms with Crippen LogP contribution in [0.5, 0.6) is 0 Å². The molecule has 0 bridgehead atoms. The van der Waals surface area contributed by atoms with Gasteiger partial charge in [0, 0.05) is 4.47 Å². The number of hydrogen-bond acceptors (Lipinski definition) is 2. The molecule has 0 aromatic heterocycles. The molecule has 0 atom stereocenters. The van der Waals surface area contributed by atoms with Crippen LogP contribution in [0.25, 0.3) is 5.57 Å². The van der Waals surface area contributed by atoms with Crippen LogP contribution in [0, 0.1) is 0 Å². The first-order chi connectivity index (χ1) is 6.15. The summed E-state index contributed by atoms with van der Waals surface area (Å²) < 4.78 is 0.860. The maximum Gasteiger partial charge on any atom is 0.339 e. The lowest BCUT2D eigenvalue weighted by Crippen LogP contribution is -1.99. The summed E-state index contributed by atoms with van der Waals surface area (Å²) in [4.78, 5) is 10.6. The fourth-order valence-corrected chi connectivity index (χ4v) is 1.15. The molecule has 0 aliphatic carbocycles. The van der Waals surface area contributed by atoms with Gasteiger partial charge in [-0.05, 0) is 17.7 Å². The molecule has 0 amide bonds. The fraction of sp³-hybridized carbons (Fsp3) is 0. The quantitative estimate of drug-likeness (QED) is 0.619. The van der Waals surface area contributed by atoms with Gasteiger partial charge in [-0.25, -0.2) is 4.79 Å². The molecule has 0 saturated carbocycles. The number of hydrogen-bond donors (Lipinski definition) is 2. The molecular weight excluding hydrogens is 236 g/mol. The van der Waals surface area contributed by atoms with Crippen LogP contribution in [0.15, 0.2) is 35.0 Å². The first kappa shape index (κ1) is 9.80. The third kappa shape index (κ3) is 2.32. The van der Waals surface area contributed by atoms with Gasteiger partial charge in [0.25, 0.3) is 0 Å². The van der Waals surface area contributed by atoms with Gasteiger partial charge in [0.15, 0.2) is 0 Å². The largest absolute Gasteiger partial charge is 0.515 e. The van der Waals surface area contributed by atoms with E-state index in [0.717, 1.165) is 4.47 Å². The van der Waals surface area contributed by atoms with Crippen molar-refractivity contribution in [3.8, 4) is 0 Å². The van der Waals surface area contributed by atoms with Gasteiger partial charge in [0.2, 0.25) is 0 Å². The number of carboxylic acids is 1. The number of halogens is 1. The number of rotatable bonds is 2. The molecule has 0 aliphatic rings. The second-order valence-electron chi connectivity index (χ2n) is 2.35. The van der Waals surface area contributed by atoms with Gasteiger partial charge in [-0.15, -0.1) is 0 Å². The van der Waals surface area contributed by atoms with E-state index in [4.69, 9.17) is 10.2 Å². The zero-order chi connectivity index (χ0) is 9.84. The van der Waals surface area contributed by atoms with E-state index in [1.54, 1.807) is 24.3 Å². The number of aliphatic carboxylic acids is 1. The molecule has 0 spiro atoms. The summed E-state index contributed by atoms with van der Waals surface area (Å²) in [5.74, 6) is -1.15. The van der Waals surface area contributed by atoms with Crippen molar-refractivity contribution in [3.63, 3.8) is 0 Å². The Balaban J connectivity index is 3.07. The van der Waals surface area contributed by atoms with E-state index in [0.29, 0.717) is 11.8 Å². The summed E-state index contributed by atoms with van der Waals surface area (Å²) in [7, 11) is 0. The predicted molar refractivity (Wildman–Crippen MR) is 52.4 cm³/mol. The molecule has 0 unspecified atom stereocenters. The molecule has 3 nitrogen and oxygen atoms in total. The van der Waals surface area contributed by atoms with Crippen molar-refractivity contribution < 1.29 is 15.0 Å². The lowest BCUT2D eigenvalue weighted by molar-refractivity contribution is -0.130. The van der Waals surface area contributed by atoms with E-state index in [2.05, 4.69) is 15.9 Å².